The lowest BCUT2D eigenvalue weighted by Crippen LogP contribution is -2.23. The number of carbonyl (C=O) groups excluding carboxylic acids is 1. The van der Waals surface area contributed by atoms with E-state index in [4.69, 9.17) is 0 Å². The fourth-order valence-corrected chi connectivity index (χ4v) is 0.972. The van der Waals surface area contributed by atoms with Crippen molar-refractivity contribution in [2.45, 2.75) is 13.0 Å². The van der Waals surface area contributed by atoms with Crippen molar-refractivity contribution < 1.29 is 4.79 Å². The third kappa shape index (κ3) is 0.689. The molecule has 1 amide bonds. The lowest BCUT2D eigenvalue weighted by molar-refractivity contribution is -0.116. The number of hydrogen-bond acceptors (Lipinski definition) is 2. The third-order valence-corrected chi connectivity index (χ3v) is 1.48. The van der Waals surface area contributed by atoms with Crippen molar-refractivity contribution in [3.63, 3.8) is 0 Å². The van der Waals surface area contributed by atoms with E-state index in [0.29, 0.717) is 13.0 Å². The molecule has 1 aromatic rings. The first kappa shape index (κ1) is 5.46. The normalized spacial score (nSPS) is 16.2. The van der Waals surface area contributed by atoms with Gasteiger partial charge in [0.15, 0.2) is 0 Å². The molecule has 0 saturated carbocycles. The number of amides is 1. The summed E-state index contributed by atoms with van der Waals surface area (Å²) in [6.07, 6.45) is 3.18. The maximum atomic E-state index is 10.8. The number of hydrogen-bond donors (Lipinski definition) is 1. The van der Waals surface area contributed by atoms with E-state index in [2.05, 4.69) is 16.6 Å². The minimum atomic E-state index is 0.0569. The zero-order chi connectivity index (χ0) is 6.97. The number of nitrogens with one attached hydrogen (secondary N) is 1. The second-order valence-electron chi connectivity index (χ2n) is 2.18. The fourth-order valence-electron chi connectivity index (χ4n) is 0.972. The Balaban J connectivity index is 2.39. The van der Waals surface area contributed by atoms with Crippen LogP contribution in [0.5, 0.6) is 0 Å². The number of carbonyl (C=O) groups is 1. The van der Waals surface area contributed by atoms with Crippen LogP contribution < -0.4 is 5.32 Å². The highest BCUT2D eigenvalue weighted by Gasteiger charge is 2.13. The van der Waals surface area contributed by atoms with Crippen LogP contribution in [0.25, 0.3) is 0 Å². The van der Waals surface area contributed by atoms with Crippen molar-refractivity contribution in [1.29, 1.82) is 0 Å². The Hall–Kier alpha value is -1.32. The van der Waals surface area contributed by atoms with E-state index in [9.17, 15) is 4.79 Å². The van der Waals surface area contributed by atoms with Gasteiger partial charge in [0.05, 0.1) is 6.54 Å². The maximum Gasteiger partial charge on any atom is 0.227 e. The minimum Gasteiger partial charge on any atom is -0.311 e. The summed E-state index contributed by atoms with van der Waals surface area (Å²) >= 11 is 0. The number of aromatic nitrogens is 2. The molecule has 2 heterocycles. The summed E-state index contributed by atoms with van der Waals surface area (Å²) in [4.78, 5) is 10.8. The van der Waals surface area contributed by atoms with Gasteiger partial charge in [0, 0.05) is 12.5 Å². The third-order valence-electron chi connectivity index (χ3n) is 1.48. The molecule has 0 atom stereocenters. The van der Waals surface area contributed by atoms with Gasteiger partial charge >= 0.3 is 0 Å². The van der Waals surface area contributed by atoms with Gasteiger partial charge in [-0.15, -0.1) is 0 Å². The first-order valence-electron chi connectivity index (χ1n) is 3.10. The van der Waals surface area contributed by atoms with Crippen LogP contribution in [0, 0.1) is 6.20 Å². The highest BCUT2D eigenvalue weighted by molar-refractivity contribution is 5.90. The Morgan fingerprint density at radius 2 is 2.70 bits per heavy atom. The van der Waals surface area contributed by atoms with Gasteiger partial charge in [-0.1, -0.05) is 0 Å². The van der Waals surface area contributed by atoms with Crippen molar-refractivity contribution in [3.8, 4) is 0 Å². The molecular formula is C6H6N3O. The fraction of sp³-hybridized carbons (Fsp3) is 0.333. The van der Waals surface area contributed by atoms with E-state index in [-0.39, 0.29) is 5.91 Å². The molecule has 0 aliphatic carbocycles. The first-order valence-corrected chi connectivity index (χ1v) is 3.10. The van der Waals surface area contributed by atoms with Gasteiger partial charge in [-0.2, -0.15) is 5.10 Å². The molecule has 51 valence electrons. The molecule has 0 saturated heterocycles. The van der Waals surface area contributed by atoms with E-state index in [0.717, 1.165) is 5.82 Å². The number of aryl methyl sites for hydroxylation is 1. The van der Waals surface area contributed by atoms with Crippen LogP contribution in [0.3, 0.4) is 0 Å². The Morgan fingerprint density at radius 1 is 1.80 bits per heavy atom. The molecule has 1 aliphatic rings. The predicted molar refractivity (Wildman–Crippen MR) is 34.3 cm³/mol. The van der Waals surface area contributed by atoms with Crippen LogP contribution in [-0.4, -0.2) is 15.7 Å². The van der Waals surface area contributed by atoms with Crippen molar-refractivity contribution in [2.75, 3.05) is 5.32 Å². The minimum absolute atomic E-state index is 0.0569. The molecule has 1 aromatic heterocycles. The summed E-state index contributed by atoms with van der Waals surface area (Å²) in [7, 11) is 0. The molecule has 1 radical (unpaired) electrons. The van der Waals surface area contributed by atoms with Crippen molar-refractivity contribution in [1.82, 2.24) is 9.78 Å². The molecule has 1 N–H and O–H groups in total. The second-order valence-corrected chi connectivity index (χ2v) is 2.18. The van der Waals surface area contributed by atoms with Crippen LogP contribution in [0.1, 0.15) is 6.42 Å². The summed E-state index contributed by atoms with van der Waals surface area (Å²) < 4.78 is 1.72. The van der Waals surface area contributed by atoms with Crippen molar-refractivity contribution >= 4 is 11.7 Å². The topological polar surface area (TPSA) is 46.9 Å². The van der Waals surface area contributed by atoms with Gasteiger partial charge < -0.3 is 5.32 Å². The molecule has 4 heteroatoms. The largest absolute Gasteiger partial charge is 0.311 e. The van der Waals surface area contributed by atoms with Gasteiger partial charge in [-0.25, -0.2) is 4.68 Å². The summed E-state index contributed by atoms with van der Waals surface area (Å²) in [5.74, 6) is 0.803. The van der Waals surface area contributed by atoms with Crippen LogP contribution in [-0.2, 0) is 11.3 Å². The van der Waals surface area contributed by atoms with Gasteiger partial charge in [-0.3, -0.25) is 4.79 Å². The molecule has 0 aromatic carbocycles. The molecule has 0 unspecified atom stereocenters. The van der Waals surface area contributed by atoms with E-state index in [1.54, 1.807) is 10.7 Å². The molecular weight excluding hydrogens is 130 g/mol. The SMILES string of the molecule is O=C1CCn2n[c]cc2N1. The second kappa shape index (κ2) is 1.83. The van der Waals surface area contributed by atoms with Crippen LogP contribution >= 0.6 is 0 Å². The monoisotopic (exact) mass is 136 g/mol. The Kier molecular flexibility index (Phi) is 1.00. The Morgan fingerprint density at radius 3 is 3.60 bits per heavy atom. The summed E-state index contributed by atoms with van der Waals surface area (Å²) in [6.45, 7) is 0.671. The van der Waals surface area contributed by atoms with E-state index < -0.39 is 0 Å². The highest BCUT2D eigenvalue weighted by Crippen LogP contribution is 2.11. The molecule has 0 spiro atoms. The Bertz CT molecular complexity index is 266. The summed E-state index contributed by atoms with van der Waals surface area (Å²) in [6, 6.07) is 1.66. The first-order chi connectivity index (χ1) is 4.86. The van der Waals surface area contributed by atoms with Crippen molar-refractivity contribution in [3.05, 3.63) is 12.3 Å². The molecule has 0 bridgehead atoms. The van der Waals surface area contributed by atoms with E-state index in [1.807, 2.05) is 0 Å². The molecule has 2 rings (SSSR count). The van der Waals surface area contributed by atoms with E-state index in [1.165, 1.54) is 0 Å². The summed E-state index contributed by atoms with van der Waals surface area (Å²) in [5, 5.41) is 6.54. The van der Waals surface area contributed by atoms with Crippen molar-refractivity contribution in [2.24, 2.45) is 0 Å². The van der Waals surface area contributed by atoms with Gasteiger partial charge in [0.2, 0.25) is 5.91 Å². The average molecular weight is 136 g/mol. The molecule has 4 nitrogen and oxygen atoms in total. The predicted octanol–water partition coefficient (Wildman–Crippen LogP) is 0.0255. The molecule has 1 aliphatic heterocycles. The number of anilines is 1. The highest BCUT2D eigenvalue weighted by atomic mass is 16.1. The van der Waals surface area contributed by atoms with Crippen LogP contribution in [0.4, 0.5) is 5.82 Å². The zero-order valence-corrected chi connectivity index (χ0v) is 5.29. The lowest BCUT2D eigenvalue weighted by atomic mass is 10.3. The molecule has 10 heavy (non-hydrogen) atoms. The van der Waals surface area contributed by atoms with Gasteiger partial charge in [-0.05, 0) is 0 Å². The number of nitrogens with zero attached hydrogens (tertiary/aromatic N) is 2. The smallest absolute Gasteiger partial charge is 0.227 e. The zero-order valence-electron chi connectivity index (χ0n) is 5.29. The van der Waals surface area contributed by atoms with Crippen LogP contribution in [0.15, 0.2) is 6.07 Å². The van der Waals surface area contributed by atoms with E-state index >= 15 is 0 Å². The van der Waals surface area contributed by atoms with Gasteiger partial charge in [0.25, 0.3) is 0 Å². The number of rotatable bonds is 0. The lowest BCUT2D eigenvalue weighted by Gasteiger charge is -2.13. The summed E-state index contributed by atoms with van der Waals surface area (Å²) in [5.41, 5.74) is 0. The molecule has 0 fully saturated rings. The van der Waals surface area contributed by atoms with Crippen LogP contribution in [0.2, 0.25) is 0 Å². The number of fused-ring (bicyclic) bond motifs is 1. The maximum absolute atomic E-state index is 10.8. The Labute approximate surface area is 57.8 Å². The average Bonchev–Trinajstić information content (AvgIpc) is 2.33. The standard InChI is InChI=1S/C6H6N3O/c10-6-2-4-9-5(8-6)1-3-7-9/h1H,2,4H2,(H,8,10). The quantitative estimate of drug-likeness (QED) is 0.546. The van der Waals surface area contributed by atoms with Gasteiger partial charge in [0.1, 0.15) is 12.0 Å².